The van der Waals surface area contributed by atoms with Gasteiger partial charge in [0.2, 0.25) is 5.82 Å². The second kappa shape index (κ2) is 7.86. The van der Waals surface area contributed by atoms with Crippen LogP contribution in [0.3, 0.4) is 0 Å². The molecular formula is C17H12F3N5O3. The molecule has 0 radical (unpaired) electrons. The van der Waals surface area contributed by atoms with Gasteiger partial charge in [0.1, 0.15) is 12.8 Å². The predicted octanol–water partition coefficient (Wildman–Crippen LogP) is 3.14. The van der Waals surface area contributed by atoms with Gasteiger partial charge < -0.3 is 14.7 Å². The van der Waals surface area contributed by atoms with Crippen molar-refractivity contribution in [3.8, 4) is 11.5 Å². The SMILES string of the molecule is CON=C(C(=O)Nc1ccc(-c2noc(C(F)(F)F)n2)nc1)c1ccccc1. The lowest BCUT2D eigenvalue weighted by Crippen LogP contribution is -2.24. The molecule has 11 heteroatoms. The van der Waals surface area contributed by atoms with Crippen LogP contribution in [-0.4, -0.2) is 33.9 Å². The number of anilines is 1. The van der Waals surface area contributed by atoms with E-state index in [9.17, 15) is 18.0 Å². The van der Waals surface area contributed by atoms with Crippen molar-refractivity contribution in [1.82, 2.24) is 15.1 Å². The number of nitrogens with zero attached hydrogens (tertiary/aromatic N) is 4. The van der Waals surface area contributed by atoms with E-state index in [4.69, 9.17) is 4.84 Å². The van der Waals surface area contributed by atoms with Crippen LogP contribution in [0.25, 0.3) is 11.5 Å². The molecule has 0 aliphatic rings. The molecule has 1 amide bonds. The highest BCUT2D eigenvalue weighted by molar-refractivity contribution is 6.48. The van der Waals surface area contributed by atoms with Gasteiger partial charge in [0.05, 0.1) is 11.9 Å². The highest BCUT2D eigenvalue weighted by Gasteiger charge is 2.38. The number of nitrogens with one attached hydrogen (secondary N) is 1. The molecule has 3 rings (SSSR count). The Morgan fingerprint density at radius 1 is 1.18 bits per heavy atom. The van der Waals surface area contributed by atoms with Crippen LogP contribution >= 0.6 is 0 Å². The molecule has 0 bridgehead atoms. The zero-order chi connectivity index (χ0) is 20.1. The van der Waals surface area contributed by atoms with Crippen molar-refractivity contribution in [3.05, 3.63) is 60.1 Å². The molecule has 0 saturated carbocycles. The molecule has 1 N–H and O–H groups in total. The highest BCUT2D eigenvalue weighted by atomic mass is 19.4. The molecule has 0 aliphatic heterocycles. The fraction of sp³-hybridized carbons (Fsp3) is 0.118. The van der Waals surface area contributed by atoms with Gasteiger partial charge in [-0.25, -0.2) is 0 Å². The van der Waals surface area contributed by atoms with Crippen LogP contribution in [0.4, 0.5) is 18.9 Å². The van der Waals surface area contributed by atoms with Gasteiger partial charge in [-0.15, -0.1) is 0 Å². The lowest BCUT2D eigenvalue weighted by molar-refractivity contribution is -0.159. The minimum atomic E-state index is -4.74. The standard InChI is InChI=1S/C17H12F3N5O3/c1-27-24-13(10-5-3-2-4-6-10)15(26)22-11-7-8-12(21-9-11)14-23-16(28-25-14)17(18,19)20/h2-9H,1H3,(H,22,26). The van der Waals surface area contributed by atoms with Crippen molar-refractivity contribution in [1.29, 1.82) is 0 Å². The summed E-state index contributed by atoms with van der Waals surface area (Å²) in [6, 6.07) is 11.4. The molecule has 2 heterocycles. The minimum absolute atomic E-state index is 0.0418. The Morgan fingerprint density at radius 3 is 2.50 bits per heavy atom. The first-order valence-corrected chi connectivity index (χ1v) is 7.73. The van der Waals surface area contributed by atoms with E-state index in [1.165, 1.54) is 25.4 Å². The van der Waals surface area contributed by atoms with Crippen molar-refractivity contribution in [2.75, 3.05) is 12.4 Å². The summed E-state index contributed by atoms with van der Waals surface area (Å²) in [6.07, 6.45) is -3.50. The molecule has 0 unspecified atom stereocenters. The molecule has 0 saturated heterocycles. The first kappa shape index (κ1) is 19.0. The van der Waals surface area contributed by atoms with Crippen LogP contribution in [0.15, 0.2) is 58.3 Å². The van der Waals surface area contributed by atoms with E-state index >= 15 is 0 Å². The Morgan fingerprint density at radius 2 is 1.93 bits per heavy atom. The molecule has 0 aliphatic carbocycles. The number of halogens is 3. The summed E-state index contributed by atoms with van der Waals surface area (Å²) in [7, 11) is 1.31. The number of pyridine rings is 1. The minimum Gasteiger partial charge on any atom is -0.398 e. The maximum absolute atomic E-state index is 12.5. The van der Waals surface area contributed by atoms with Crippen LogP contribution in [0.1, 0.15) is 11.5 Å². The van der Waals surface area contributed by atoms with E-state index < -0.39 is 18.0 Å². The van der Waals surface area contributed by atoms with Crippen molar-refractivity contribution in [2.45, 2.75) is 6.18 Å². The number of carbonyl (C=O) groups excluding carboxylic acids is 1. The smallest absolute Gasteiger partial charge is 0.398 e. The van der Waals surface area contributed by atoms with Crippen molar-refractivity contribution in [2.24, 2.45) is 5.16 Å². The Balaban J connectivity index is 1.76. The van der Waals surface area contributed by atoms with Crippen LogP contribution in [0, 0.1) is 0 Å². The van der Waals surface area contributed by atoms with E-state index in [0.717, 1.165) is 0 Å². The quantitative estimate of drug-likeness (QED) is 0.530. The van der Waals surface area contributed by atoms with Crippen molar-refractivity contribution in [3.63, 3.8) is 0 Å². The highest BCUT2D eigenvalue weighted by Crippen LogP contribution is 2.29. The Labute approximate surface area is 156 Å². The van der Waals surface area contributed by atoms with Gasteiger partial charge in [0.15, 0.2) is 5.71 Å². The first-order valence-electron chi connectivity index (χ1n) is 7.73. The van der Waals surface area contributed by atoms with Gasteiger partial charge in [-0.3, -0.25) is 9.78 Å². The normalized spacial score (nSPS) is 11.9. The Bertz CT molecular complexity index is 985. The van der Waals surface area contributed by atoms with E-state index in [1.54, 1.807) is 30.3 Å². The average molecular weight is 391 g/mol. The van der Waals surface area contributed by atoms with Gasteiger partial charge >= 0.3 is 12.1 Å². The number of benzene rings is 1. The molecule has 3 aromatic rings. The number of hydrogen-bond acceptors (Lipinski definition) is 7. The molecule has 28 heavy (non-hydrogen) atoms. The number of rotatable bonds is 5. The zero-order valence-corrected chi connectivity index (χ0v) is 14.3. The number of alkyl halides is 3. The number of amides is 1. The Hall–Kier alpha value is -3.76. The summed E-state index contributed by atoms with van der Waals surface area (Å²) in [6.45, 7) is 0. The number of oxime groups is 1. The van der Waals surface area contributed by atoms with Gasteiger partial charge in [0.25, 0.3) is 5.91 Å². The van der Waals surface area contributed by atoms with E-state index in [1.807, 2.05) is 0 Å². The average Bonchev–Trinajstić information content (AvgIpc) is 3.18. The number of hydrogen-bond donors (Lipinski definition) is 1. The summed E-state index contributed by atoms with van der Waals surface area (Å²) in [5.41, 5.74) is 0.914. The van der Waals surface area contributed by atoms with Gasteiger partial charge in [-0.2, -0.15) is 18.2 Å². The molecule has 1 aromatic carbocycles. The molecule has 0 spiro atoms. The lowest BCUT2D eigenvalue weighted by atomic mass is 10.1. The number of aromatic nitrogens is 3. The second-order valence-corrected chi connectivity index (χ2v) is 5.30. The van der Waals surface area contributed by atoms with E-state index in [2.05, 4.69) is 30.1 Å². The summed E-state index contributed by atoms with van der Waals surface area (Å²) in [5, 5.41) is 9.55. The molecule has 8 nitrogen and oxygen atoms in total. The third-order valence-corrected chi connectivity index (χ3v) is 3.36. The van der Waals surface area contributed by atoms with E-state index in [0.29, 0.717) is 5.56 Å². The van der Waals surface area contributed by atoms with E-state index in [-0.39, 0.29) is 22.9 Å². The summed E-state index contributed by atoms with van der Waals surface area (Å²) in [4.78, 5) is 24.4. The summed E-state index contributed by atoms with van der Waals surface area (Å²) in [5.74, 6) is -2.34. The first-order chi connectivity index (χ1) is 13.4. The maximum atomic E-state index is 12.5. The molecule has 0 fully saturated rings. The largest absolute Gasteiger partial charge is 0.471 e. The molecule has 144 valence electrons. The summed E-state index contributed by atoms with van der Waals surface area (Å²) >= 11 is 0. The third kappa shape index (κ3) is 4.31. The fourth-order valence-electron chi connectivity index (χ4n) is 2.15. The molecule has 0 atom stereocenters. The van der Waals surface area contributed by atoms with Crippen LogP contribution in [-0.2, 0) is 15.8 Å². The maximum Gasteiger partial charge on any atom is 0.471 e. The Kier molecular flexibility index (Phi) is 5.34. The van der Waals surface area contributed by atoms with Crippen LogP contribution in [0.2, 0.25) is 0 Å². The third-order valence-electron chi connectivity index (χ3n) is 3.36. The van der Waals surface area contributed by atoms with Crippen LogP contribution in [0.5, 0.6) is 0 Å². The zero-order valence-electron chi connectivity index (χ0n) is 14.3. The van der Waals surface area contributed by atoms with Gasteiger partial charge in [-0.1, -0.05) is 40.6 Å². The molecular weight excluding hydrogens is 379 g/mol. The fourth-order valence-corrected chi connectivity index (χ4v) is 2.15. The predicted molar refractivity (Wildman–Crippen MR) is 91.1 cm³/mol. The van der Waals surface area contributed by atoms with Crippen LogP contribution < -0.4 is 5.32 Å². The van der Waals surface area contributed by atoms with Gasteiger partial charge in [0, 0.05) is 5.56 Å². The second-order valence-electron chi connectivity index (χ2n) is 5.30. The van der Waals surface area contributed by atoms with Crippen molar-refractivity contribution < 1.29 is 27.3 Å². The topological polar surface area (TPSA) is 102 Å². The van der Waals surface area contributed by atoms with Gasteiger partial charge in [-0.05, 0) is 12.1 Å². The number of carbonyl (C=O) groups is 1. The lowest BCUT2D eigenvalue weighted by Gasteiger charge is -2.07. The van der Waals surface area contributed by atoms with Crippen molar-refractivity contribution >= 4 is 17.3 Å². The summed E-state index contributed by atoms with van der Waals surface area (Å²) < 4.78 is 41.7. The molecule has 2 aromatic heterocycles. The monoisotopic (exact) mass is 391 g/mol.